The Morgan fingerprint density at radius 3 is 2.76 bits per heavy atom. The molecule has 7 heteroatoms. The molecule has 2 aliphatic rings. The molecule has 1 amide bonds. The molecule has 3 rings (SSSR count). The van der Waals surface area contributed by atoms with Crippen LogP contribution >= 0.6 is 0 Å². The molecule has 1 aromatic rings. The summed E-state index contributed by atoms with van der Waals surface area (Å²) in [4.78, 5) is 11.5. The summed E-state index contributed by atoms with van der Waals surface area (Å²) in [6, 6.07) is 4.54. The first-order valence-corrected chi connectivity index (χ1v) is 8.38. The molecule has 1 N–H and O–H groups in total. The number of nitrogens with one attached hydrogen (secondary N) is 1. The second-order valence-electron chi connectivity index (χ2n) is 5.59. The van der Waals surface area contributed by atoms with Gasteiger partial charge in [0.2, 0.25) is 10.0 Å². The van der Waals surface area contributed by atoms with Crippen molar-refractivity contribution in [1.29, 1.82) is 0 Å². The van der Waals surface area contributed by atoms with Crippen molar-refractivity contribution in [2.24, 2.45) is 5.92 Å². The summed E-state index contributed by atoms with van der Waals surface area (Å²) in [7, 11) is -1.96. The van der Waals surface area contributed by atoms with Gasteiger partial charge in [0.1, 0.15) is 5.75 Å². The van der Waals surface area contributed by atoms with Gasteiger partial charge in [-0.25, -0.2) is 8.42 Å². The van der Waals surface area contributed by atoms with Crippen LogP contribution < -0.4 is 10.1 Å². The predicted molar refractivity (Wildman–Crippen MR) is 77.7 cm³/mol. The molecule has 114 valence electrons. The number of hydrogen-bond acceptors (Lipinski definition) is 4. The monoisotopic (exact) mass is 310 g/mol. The summed E-state index contributed by atoms with van der Waals surface area (Å²) in [6.45, 7) is 1.89. The highest BCUT2D eigenvalue weighted by atomic mass is 32.2. The minimum Gasteiger partial charge on any atom is -0.482 e. The molecule has 1 atom stereocenters. The molecule has 1 saturated carbocycles. The number of hydrogen-bond donors (Lipinski definition) is 1. The summed E-state index contributed by atoms with van der Waals surface area (Å²) >= 11 is 0. The average Bonchev–Trinajstić information content (AvgIpc) is 3.29. The van der Waals surface area contributed by atoms with Gasteiger partial charge < -0.3 is 10.1 Å². The molecular weight excluding hydrogens is 292 g/mol. The SMILES string of the molecule is C[C@H](C1CC1)N(C)S(=O)(=O)c1ccc2c(c1)NC(=O)CO2. The predicted octanol–water partition coefficient (Wildman–Crippen LogP) is 1.44. The van der Waals surface area contributed by atoms with Crippen molar-refractivity contribution in [2.75, 3.05) is 19.0 Å². The molecule has 1 heterocycles. The topological polar surface area (TPSA) is 75.7 Å². The number of carbonyl (C=O) groups is 1. The molecule has 0 spiro atoms. The normalized spacial score (nSPS) is 19.7. The number of rotatable bonds is 4. The minimum atomic E-state index is -3.57. The van der Waals surface area contributed by atoms with Gasteiger partial charge in [0.05, 0.1) is 10.6 Å². The Labute approximate surface area is 124 Å². The van der Waals surface area contributed by atoms with Crippen molar-refractivity contribution < 1.29 is 17.9 Å². The second-order valence-corrected chi connectivity index (χ2v) is 7.59. The van der Waals surface area contributed by atoms with Crippen LogP contribution in [0.2, 0.25) is 0 Å². The number of anilines is 1. The van der Waals surface area contributed by atoms with E-state index >= 15 is 0 Å². The van der Waals surface area contributed by atoms with E-state index in [1.54, 1.807) is 13.1 Å². The maximum Gasteiger partial charge on any atom is 0.262 e. The van der Waals surface area contributed by atoms with E-state index in [9.17, 15) is 13.2 Å². The van der Waals surface area contributed by atoms with Crippen LogP contribution in [0.3, 0.4) is 0 Å². The third-order valence-electron chi connectivity index (χ3n) is 4.14. The lowest BCUT2D eigenvalue weighted by molar-refractivity contribution is -0.118. The van der Waals surface area contributed by atoms with E-state index in [-0.39, 0.29) is 23.5 Å². The van der Waals surface area contributed by atoms with Crippen LogP contribution in [0.5, 0.6) is 5.75 Å². The van der Waals surface area contributed by atoms with E-state index in [2.05, 4.69) is 5.32 Å². The van der Waals surface area contributed by atoms with Gasteiger partial charge in [-0.2, -0.15) is 4.31 Å². The zero-order valence-corrected chi connectivity index (χ0v) is 12.8. The lowest BCUT2D eigenvalue weighted by Gasteiger charge is -2.25. The van der Waals surface area contributed by atoms with E-state index in [4.69, 9.17) is 4.74 Å². The number of nitrogens with zero attached hydrogens (tertiary/aromatic N) is 1. The van der Waals surface area contributed by atoms with E-state index < -0.39 is 10.0 Å². The quantitative estimate of drug-likeness (QED) is 0.913. The molecule has 1 aliphatic heterocycles. The van der Waals surface area contributed by atoms with E-state index in [0.717, 1.165) is 12.8 Å². The van der Waals surface area contributed by atoms with E-state index in [1.807, 2.05) is 6.92 Å². The number of amides is 1. The van der Waals surface area contributed by atoms with Crippen molar-refractivity contribution in [3.63, 3.8) is 0 Å². The Bertz CT molecular complexity index is 682. The lowest BCUT2D eigenvalue weighted by Crippen LogP contribution is -2.36. The van der Waals surface area contributed by atoms with Gasteiger partial charge in [-0.1, -0.05) is 0 Å². The van der Waals surface area contributed by atoms with Crippen molar-refractivity contribution >= 4 is 21.6 Å². The standard InChI is InChI=1S/C14H18N2O4S/c1-9(10-3-4-10)16(2)21(18,19)11-5-6-13-12(7-11)15-14(17)8-20-13/h5-7,9-10H,3-4,8H2,1-2H3,(H,15,17)/t9-/m1/s1. The van der Waals surface area contributed by atoms with Crippen molar-refractivity contribution in [3.05, 3.63) is 18.2 Å². The fourth-order valence-electron chi connectivity index (χ4n) is 2.48. The molecule has 0 radical (unpaired) electrons. The summed E-state index contributed by atoms with van der Waals surface area (Å²) in [5, 5.41) is 2.63. The fraction of sp³-hybridized carbons (Fsp3) is 0.500. The summed E-state index contributed by atoms with van der Waals surface area (Å²) in [5.74, 6) is 0.661. The van der Waals surface area contributed by atoms with E-state index in [0.29, 0.717) is 17.4 Å². The Hall–Kier alpha value is -1.60. The number of fused-ring (bicyclic) bond motifs is 1. The van der Waals surface area contributed by atoms with E-state index in [1.165, 1.54) is 16.4 Å². The first-order valence-electron chi connectivity index (χ1n) is 6.94. The largest absolute Gasteiger partial charge is 0.482 e. The lowest BCUT2D eigenvalue weighted by atomic mass is 10.2. The molecule has 1 aliphatic carbocycles. The van der Waals surface area contributed by atoms with Crippen LogP contribution in [0.15, 0.2) is 23.1 Å². The van der Waals surface area contributed by atoms with Crippen LogP contribution in [-0.2, 0) is 14.8 Å². The van der Waals surface area contributed by atoms with Gasteiger partial charge in [-0.3, -0.25) is 4.79 Å². The van der Waals surface area contributed by atoms with Crippen molar-refractivity contribution in [1.82, 2.24) is 4.31 Å². The maximum absolute atomic E-state index is 12.6. The number of benzene rings is 1. The molecule has 1 fully saturated rings. The van der Waals surface area contributed by atoms with Gasteiger partial charge in [-0.15, -0.1) is 0 Å². The molecular formula is C14H18N2O4S. The van der Waals surface area contributed by atoms with Crippen LogP contribution in [0.1, 0.15) is 19.8 Å². The zero-order chi connectivity index (χ0) is 15.2. The first-order chi connectivity index (χ1) is 9.89. The highest BCUT2D eigenvalue weighted by Gasteiger charge is 2.36. The molecule has 21 heavy (non-hydrogen) atoms. The summed E-state index contributed by atoms with van der Waals surface area (Å²) in [6.07, 6.45) is 2.16. The van der Waals surface area contributed by atoms with Crippen LogP contribution in [-0.4, -0.2) is 38.3 Å². The van der Waals surface area contributed by atoms with Crippen molar-refractivity contribution in [2.45, 2.75) is 30.7 Å². The van der Waals surface area contributed by atoms with Gasteiger partial charge >= 0.3 is 0 Å². The molecule has 0 aromatic heterocycles. The molecule has 0 unspecified atom stereocenters. The second kappa shape index (κ2) is 4.99. The number of sulfonamides is 1. The highest BCUT2D eigenvalue weighted by Crippen LogP contribution is 2.37. The Balaban J connectivity index is 1.91. The molecule has 0 bridgehead atoms. The minimum absolute atomic E-state index is 0.0168. The van der Waals surface area contributed by atoms with Gasteiger partial charge in [0, 0.05) is 13.1 Å². The van der Waals surface area contributed by atoms with Crippen LogP contribution in [0, 0.1) is 5.92 Å². The Kier molecular flexibility index (Phi) is 3.41. The average molecular weight is 310 g/mol. The molecule has 1 aromatic carbocycles. The Morgan fingerprint density at radius 2 is 2.10 bits per heavy atom. The summed E-state index contributed by atoms with van der Waals surface area (Å²) < 4.78 is 31.9. The fourth-order valence-corrected chi connectivity index (χ4v) is 3.93. The van der Waals surface area contributed by atoms with Gasteiger partial charge in [0.15, 0.2) is 6.61 Å². The summed E-state index contributed by atoms with van der Waals surface area (Å²) in [5.41, 5.74) is 0.403. The molecule has 6 nitrogen and oxygen atoms in total. The number of carbonyl (C=O) groups excluding carboxylic acids is 1. The third kappa shape index (κ3) is 2.63. The van der Waals surface area contributed by atoms with Crippen LogP contribution in [0.4, 0.5) is 5.69 Å². The molecule has 0 saturated heterocycles. The van der Waals surface area contributed by atoms with Gasteiger partial charge in [0.25, 0.3) is 5.91 Å². The van der Waals surface area contributed by atoms with Crippen molar-refractivity contribution in [3.8, 4) is 5.75 Å². The maximum atomic E-state index is 12.6. The smallest absolute Gasteiger partial charge is 0.262 e. The first kappa shape index (κ1) is 14.3. The zero-order valence-electron chi connectivity index (χ0n) is 12.0. The Morgan fingerprint density at radius 1 is 1.38 bits per heavy atom. The van der Waals surface area contributed by atoms with Crippen LogP contribution in [0.25, 0.3) is 0 Å². The highest BCUT2D eigenvalue weighted by molar-refractivity contribution is 7.89. The number of ether oxygens (including phenoxy) is 1. The third-order valence-corrected chi connectivity index (χ3v) is 6.08. The van der Waals surface area contributed by atoms with Gasteiger partial charge in [-0.05, 0) is 43.9 Å².